The number of ether oxygens (including phenoxy) is 1. The summed E-state index contributed by atoms with van der Waals surface area (Å²) in [7, 11) is 2.09. The SMILES string of the molecule is Cn1c2c(c3ccc(-n4ccc(OCc5ccccc5)c(Br)c4=O)cc31)CCNC2. The van der Waals surface area contributed by atoms with E-state index in [4.69, 9.17) is 4.74 Å². The predicted molar refractivity (Wildman–Crippen MR) is 122 cm³/mol. The molecule has 3 heterocycles. The molecule has 1 aliphatic rings. The number of pyridine rings is 1. The molecule has 5 rings (SSSR count). The largest absolute Gasteiger partial charge is 0.487 e. The molecule has 0 saturated heterocycles. The highest BCUT2D eigenvalue weighted by Crippen LogP contribution is 2.30. The van der Waals surface area contributed by atoms with Gasteiger partial charge in [0.05, 0.1) is 11.2 Å². The number of benzene rings is 2. The number of rotatable bonds is 4. The average molecular weight is 464 g/mol. The van der Waals surface area contributed by atoms with Crippen LogP contribution in [-0.2, 0) is 26.6 Å². The average Bonchev–Trinajstić information content (AvgIpc) is 3.07. The van der Waals surface area contributed by atoms with Crippen LogP contribution in [0.1, 0.15) is 16.8 Å². The summed E-state index contributed by atoms with van der Waals surface area (Å²) in [6, 6.07) is 18.0. The molecule has 30 heavy (non-hydrogen) atoms. The molecule has 2 aromatic carbocycles. The number of nitrogens with one attached hydrogen (secondary N) is 1. The van der Waals surface area contributed by atoms with E-state index in [1.165, 1.54) is 16.6 Å². The standard InChI is InChI=1S/C24H22BrN3O2/c1-27-20-13-17(7-8-18(20)19-9-11-26-14-21(19)27)28-12-10-22(23(25)24(28)29)30-15-16-5-3-2-4-6-16/h2-8,10,12-13,26H,9,11,14-15H2,1H3. The van der Waals surface area contributed by atoms with Crippen LogP contribution in [0.25, 0.3) is 16.6 Å². The summed E-state index contributed by atoms with van der Waals surface area (Å²) in [4.78, 5) is 13.0. The molecule has 0 spiro atoms. The second-order valence-corrected chi connectivity index (χ2v) is 8.35. The van der Waals surface area contributed by atoms with Crippen LogP contribution in [0.5, 0.6) is 5.75 Å². The predicted octanol–water partition coefficient (Wildman–Crippen LogP) is 4.32. The van der Waals surface area contributed by atoms with Crippen molar-refractivity contribution < 1.29 is 4.74 Å². The molecule has 0 amide bonds. The van der Waals surface area contributed by atoms with E-state index in [1.54, 1.807) is 10.8 Å². The van der Waals surface area contributed by atoms with Crippen molar-refractivity contribution in [1.29, 1.82) is 0 Å². The minimum absolute atomic E-state index is 0.138. The zero-order chi connectivity index (χ0) is 20.7. The van der Waals surface area contributed by atoms with Gasteiger partial charge in [-0.1, -0.05) is 36.4 Å². The molecule has 1 aliphatic heterocycles. The van der Waals surface area contributed by atoms with Gasteiger partial charge in [0.25, 0.3) is 5.56 Å². The highest BCUT2D eigenvalue weighted by atomic mass is 79.9. The van der Waals surface area contributed by atoms with E-state index in [2.05, 4.69) is 45.0 Å². The third-order valence-corrected chi connectivity index (χ3v) is 6.51. The fourth-order valence-electron chi connectivity index (χ4n) is 4.17. The number of hydrogen-bond acceptors (Lipinski definition) is 3. The topological polar surface area (TPSA) is 48.2 Å². The molecule has 0 aliphatic carbocycles. The molecule has 5 nitrogen and oxygen atoms in total. The molecule has 1 N–H and O–H groups in total. The maximum absolute atomic E-state index is 13.0. The Morgan fingerprint density at radius 2 is 1.97 bits per heavy atom. The molecule has 0 saturated carbocycles. The van der Waals surface area contributed by atoms with E-state index in [9.17, 15) is 4.79 Å². The fourth-order valence-corrected chi connectivity index (χ4v) is 4.61. The third-order valence-electron chi connectivity index (χ3n) is 5.78. The van der Waals surface area contributed by atoms with E-state index < -0.39 is 0 Å². The maximum atomic E-state index is 13.0. The highest BCUT2D eigenvalue weighted by molar-refractivity contribution is 9.10. The van der Waals surface area contributed by atoms with Gasteiger partial charge >= 0.3 is 0 Å². The van der Waals surface area contributed by atoms with Crippen LogP contribution >= 0.6 is 15.9 Å². The monoisotopic (exact) mass is 463 g/mol. The van der Waals surface area contributed by atoms with E-state index >= 15 is 0 Å². The second-order valence-electron chi connectivity index (χ2n) is 7.56. The van der Waals surface area contributed by atoms with Gasteiger partial charge in [0.1, 0.15) is 16.8 Å². The number of nitrogens with zero attached hydrogens (tertiary/aromatic N) is 2. The van der Waals surface area contributed by atoms with Crippen LogP contribution < -0.4 is 15.6 Å². The third kappa shape index (κ3) is 3.26. The van der Waals surface area contributed by atoms with E-state index in [-0.39, 0.29) is 5.56 Å². The normalized spacial score (nSPS) is 13.4. The summed E-state index contributed by atoms with van der Waals surface area (Å²) in [6.45, 7) is 2.30. The van der Waals surface area contributed by atoms with Gasteiger partial charge in [0.2, 0.25) is 0 Å². The summed E-state index contributed by atoms with van der Waals surface area (Å²) in [5.41, 5.74) is 5.65. The summed E-state index contributed by atoms with van der Waals surface area (Å²) < 4.78 is 10.2. The van der Waals surface area contributed by atoms with Crippen LogP contribution in [0.2, 0.25) is 0 Å². The minimum Gasteiger partial charge on any atom is -0.487 e. The van der Waals surface area contributed by atoms with Crippen LogP contribution in [0, 0.1) is 0 Å². The van der Waals surface area contributed by atoms with Gasteiger partial charge in [-0.05, 0) is 58.2 Å². The Morgan fingerprint density at radius 1 is 1.13 bits per heavy atom. The zero-order valence-corrected chi connectivity index (χ0v) is 18.3. The lowest BCUT2D eigenvalue weighted by atomic mass is 10.0. The summed E-state index contributed by atoms with van der Waals surface area (Å²) >= 11 is 3.44. The molecule has 152 valence electrons. The summed E-state index contributed by atoms with van der Waals surface area (Å²) in [6.07, 6.45) is 2.81. The maximum Gasteiger partial charge on any atom is 0.273 e. The minimum atomic E-state index is -0.138. The lowest BCUT2D eigenvalue weighted by molar-refractivity contribution is 0.303. The summed E-state index contributed by atoms with van der Waals surface area (Å²) in [5, 5.41) is 4.71. The van der Waals surface area contributed by atoms with Crippen molar-refractivity contribution in [3.8, 4) is 11.4 Å². The highest BCUT2D eigenvalue weighted by Gasteiger charge is 2.19. The Hall–Kier alpha value is -2.83. The van der Waals surface area contributed by atoms with Gasteiger partial charge in [-0.25, -0.2) is 0 Å². The van der Waals surface area contributed by atoms with Crippen molar-refractivity contribution in [2.24, 2.45) is 7.05 Å². The van der Waals surface area contributed by atoms with E-state index in [0.717, 1.165) is 36.3 Å². The van der Waals surface area contributed by atoms with Gasteiger partial charge in [-0.15, -0.1) is 0 Å². The number of fused-ring (bicyclic) bond motifs is 3. The summed E-state index contributed by atoms with van der Waals surface area (Å²) in [5.74, 6) is 0.543. The molecule has 0 bridgehead atoms. The van der Waals surface area contributed by atoms with Crippen LogP contribution in [0.3, 0.4) is 0 Å². The van der Waals surface area contributed by atoms with Crippen molar-refractivity contribution >= 4 is 26.8 Å². The van der Waals surface area contributed by atoms with Crippen LogP contribution in [0.15, 0.2) is 70.1 Å². The molecule has 2 aromatic heterocycles. The molecule has 4 aromatic rings. The molecule has 0 atom stereocenters. The van der Waals surface area contributed by atoms with Crippen molar-refractivity contribution in [1.82, 2.24) is 14.5 Å². The Labute approximate surface area is 183 Å². The van der Waals surface area contributed by atoms with Crippen molar-refractivity contribution in [2.45, 2.75) is 19.6 Å². The second kappa shape index (κ2) is 7.78. The number of halogens is 1. The van der Waals surface area contributed by atoms with Gasteiger partial charge in [-0.2, -0.15) is 0 Å². The molecule has 0 unspecified atom stereocenters. The van der Waals surface area contributed by atoms with Gasteiger partial charge in [0, 0.05) is 30.9 Å². The quantitative estimate of drug-likeness (QED) is 0.490. The molecular weight excluding hydrogens is 442 g/mol. The first kappa shape index (κ1) is 19.2. The van der Waals surface area contributed by atoms with Crippen molar-refractivity contribution in [3.63, 3.8) is 0 Å². The smallest absolute Gasteiger partial charge is 0.273 e. The molecular formula is C24H22BrN3O2. The Kier molecular flexibility index (Phi) is 4.97. The van der Waals surface area contributed by atoms with Crippen molar-refractivity contribution in [2.75, 3.05) is 6.54 Å². The lowest BCUT2D eigenvalue weighted by Gasteiger charge is -2.14. The van der Waals surface area contributed by atoms with Gasteiger partial charge < -0.3 is 14.6 Å². The van der Waals surface area contributed by atoms with Crippen LogP contribution in [-0.4, -0.2) is 15.7 Å². The van der Waals surface area contributed by atoms with Crippen molar-refractivity contribution in [3.05, 3.63) is 92.4 Å². The molecule has 6 heteroatoms. The molecule has 0 radical (unpaired) electrons. The number of aromatic nitrogens is 2. The van der Waals surface area contributed by atoms with Gasteiger partial charge in [-0.3, -0.25) is 9.36 Å². The number of aryl methyl sites for hydroxylation is 1. The fraction of sp³-hybridized carbons (Fsp3) is 0.208. The van der Waals surface area contributed by atoms with E-state index in [1.807, 2.05) is 42.5 Å². The number of hydrogen-bond donors (Lipinski definition) is 1. The lowest BCUT2D eigenvalue weighted by Crippen LogP contribution is -2.24. The van der Waals surface area contributed by atoms with Crippen LogP contribution in [0.4, 0.5) is 0 Å². The first-order valence-corrected chi connectivity index (χ1v) is 10.8. The van der Waals surface area contributed by atoms with E-state index in [0.29, 0.717) is 16.8 Å². The Bertz CT molecular complexity index is 1290. The Balaban J connectivity index is 1.50. The Morgan fingerprint density at radius 3 is 2.80 bits per heavy atom. The first-order valence-electron chi connectivity index (χ1n) is 10.0. The first-order chi connectivity index (χ1) is 14.6. The zero-order valence-electron chi connectivity index (χ0n) is 16.7. The van der Waals surface area contributed by atoms with Gasteiger partial charge in [0.15, 0.2) is 0 Å². The molecule has 0 fully saturated rings.